The molecule has 0 aliphatic heterocycles. The van der Waals surface area contributed by atoms with Crippen molar-refractivity contribution in [2.24, 2.45) is 0 Å². The zero-order chi connectivity index (χ0) is 41.7. The Hall–Kier alpha value is -8.05. The van der Waals surface area contributed by atoms with Crippen molar-refractivity contribution < 1.29 is 4.42 Å². The summed E-state index contributed by atoms with van der Waals surface area (Å²) in [5.74, 6) is 0. The standard InChI is InChI=1S/C59H38N2OS/c1-3-12-39(13-4-1)42-24-27-44(28-25-42)59-60-57-55(63-59)35-34-54-56(57)53-23-11-22-52(58(53)62-54)48-19-10-21-51(38-48)61(50-20-9-18-46(37-50)40-14-5-2-6-15-40)49-32-30-43(31-33-49)47-29-26-41-16-7-8-17-45(41)36-47/h1-38H. The fourth-order valence-electron chi connectivity index (χ4n) is 8.95. The summed E-state index contributed by atoms with van der Waals surface area (Å²) in [6.07, 6.45) is 0. The second-order valence-electron chi connectivity index (χ2n) is 15.9. The smallest absolute Gasteiger partial charge is 0.143 e. The summed E-state index contributed by atoms with van der Waals surface area (Å²) in [6.45, 7) is 0. The summed E-state index contributed by atoms with van der Waals surface area (Å²) in [5.41, 5.74) is 16.2. The highest BCUT2D eigenvalue weighted by Gasteiger charge is 2.20. The number of hydrogen-bond donors (Lipinski definition) is 0. The van der Waals surface area contributed by atoms with Gasteiger partial charge in [-0.05, 0) is 104 Å². The van der Waals surface area contributed by atoms with Crippen LogP contribution in [0.2, 0.25) is 0 Å². The first kappa shape index (κ1) is 36.8. The summed E-state index contributed by atoms with van der Waals surface area (Å²) < 4.78 is 7.93. The predicted molar refractivity (Wildman–Crippen MR) is 266 cm³/mol. The van der Waals surface area contributed by atoms with Crippen LogP contribution in [0.15, 0.2) is 235 Å². The molecular formula is C59H38N2OS. The van der Waals surface area contributed by atoms with Crippen molar-refractivity contribution in [3.05, 3.63) is 231 Å². The number of aromatic nitrogens is 1. The fraction of sp³-hybridized carbons (Fsp3) is 0. The number of rotatable bonds is 8. The molecule has 0 amide bonds. The average Bonchev–Trinajstić information content (AvgIpc) is 3.97. The van der Waals surface area contributed by atoms with Gasteiger partial charge in [-0.3, -0.25) is 0 Å². The van der Waals surface area contributed by atoms with Crippen LogP contribution in [0.1, 0.15) is 0 Å². The highest BCUT2D eigenvalue weighted by atomic mass is 32.1. The van der Waals surface area contributed by atoms with Crippen molar-refractivity contribution in [3.63, 3.8) is 0 Å². The van der Waals surface area contributed by atoms with Crippen molar-refractivity contribution in [1.82, 2.24) is 4.98 Å². The number of thiazole rings is 1. The van der Waals surface area contributed by atoms with E-state index in [4.69, 9.17) is 9.40 Å². The third-order valence-electron chi connectivity index (χ3n) is 12.1. The number of fused-ring (bicyclic) bond motifs is 6. The van der Waals surface area contributed by atoms with E-state index in [1.165, 1.54) is 38.6 Å². The minimum absolute atomic E-state index is 0.836. The minimum atomic E-state index is 0.836. The van der Waals surface area contributed by atoms with E-state index in [1.54, 1.807) is 11.3 Å². The van der Waals surface area contributed by atoms with Gasteiger partial charge in [0, 0.05) is 33.6 Å². The van der Waals surface area contributed by atoms with Crippen molar-refractivity contribution in [2.45, 2.75) is 0 Å². The number of hydrogen-bond acceptors (Lipinski definition) is 4. The lowest BCUT2D eigenvalue weighted by Crippen LogP contribution is -2.10. The van der Waals surface area contributed by atoms with Gasteiger partial charge in [0.05, 0.1) is 15.6 Å². The maximum Gasteiger partial charge on any atom is 0.143 e. The molecule has 4 heteroatoms. The van der Waals surface area contributed by atoms with E-state index in [-0.39, 0.29) is 0 Å². The van der Waals surface area contributed by atoms with Gasteiger partial charge in [-0.1, -0.05) is 176 Å². The second-order valence-corrected chi connectivity index (χ2v) is 17.0. The molecule has 12 aromatic rings. The van der Waals surface area contributed by atoms with Crippen LogP contribution < -0.4 is 4.90 Å². The quantitative estimate of drug-likeness (QED) is 0.153. The number of anilines is 3. The highest BCUT2D eigenvalue weighted by molar-refractivity contribution is 7.21. The molecule has 10 aromatic carbocycles. The summed E-state index contributed by atoms with van der Waals surface area (Å²) >= 11 is 1.72. The first-order valence-electron chi connectivity index (χ1n) is 21.3. The van der Waals surface area contributed by atoms with E-state index >= 15 is 0 Å². The van der Waals surface area contributed by atoms with Crippen LogP contribution in [0.25, 0.3) is 98.0 Å². The normalized spacial score (nSPS) is 11.5. The Balaban J connectivity index is 0.944. The van der Waals surface area contributed by atoms with Crippen LogP contribution in [-0.4, -0.2) is 4.98 Å². The number of nitrogens with zero attached hydrogens (tertiary/aromatic N) is 2. The van der Waals surface area contributed by atoms with Gasteiger partial charge in [0.15, 0.2) is 0 Å². The zero-order valence-electron chi connectivity index (χ0n) is 34.2. The van der Waals surface area contributed by atoms with E-state index in [0.717, 1.165) is 76.5 Å². The molecule has 0 aliphatic rings. The molecule has 2 heterocycles. The van der Waals surface area contributed by atoms with Crippen molar-refractivity contribution in [2.75, 3.05) is 4.90 Å². The SMILES string of the molecule is c1ccc(-c2ccc(-c3nc4c(ccc5oc6c(-c7cccc(N(c8ccc(-c9ccc%10ccccc%10c9)cc8)c8cccc(-c9ccccc9)c8)c7)cccc6c54)s3)cc2)cc1. The molecule has 0 bridgehead atoms. The van der Waals surface area contributed by atoms with Crippen molar-refractivity contribution in [1.29, 1.82) is 0 Å². The number of para-hydroxylation sites is 1. The first-order valence-corrected chi connectivity index (χ1v) is 22.1. The topological polar surface area (TPSA) is 29.3 Å². The molecule has 0 saturated carbocycles. The summed E-state index contributed by atoms with van der Waals surface area (Å²) in [6, 6.07) is 82.3. The van der Waals surface area contributed by atoms with Crippen LogP contribution in [-0.2, 0) is 0 Å². The molecule has 296 valence electrons. The third-order valence-corrected chi connectivity index (χ3v) is 13.2. The van der Waals surface area contributed by atoms with Gasteiger partial charge in [0.1, 0.15) is 16.2 Å². The molecule has 0 fully saturated rings. The molecule has 0 atom stereocenters. The lowest BCUT2D eigenvalue weighted by Gasteiger charge is -2.27. The molecular weight excluding hydrogens is 785 g/mol. The molecule has 12 rings (SSSR count). The monoisotopic (exact) mass is 822 g/mol. The summed E-state index contributed by atoms with van der Waals surface area (Å²) in [5, 5.41) is 5.59. The number of furan rings is 1. The Morgan fingerprint density at radius 3 is 1.70 bits per heavy atom. The Bertz CT molecular complexity index is 3610. The van der Waals surface area contributed by atoms with E-state index in [1.807, 2.05) is 6.07 Å². The predicted octanol–water partition coefficient (Wildman–Crippen LogP) is 17.2. The number of benzene rings is 10. The Kier molecular flexibility index (Phi) is 9.02. The van der Waals surface area contributed by atoms with Crippen molar-refractivity contribution >= 4 is 71.3 Å². The third kappa shape index (κ3) is 6.74. The zero-order valence-corrected chi connectivity index (χ0v) is 35.0. The largest absolute Gasteiger partial charge is 0.455 e. The molecule has 0 unspecified atom stereocenters. The Labute approximate surface area is 369 Å². The molecule has 0 radical (unpaired) electrons. The Morgan fingerprint density at radius 1 is 0.381 bits per heavy atom. The van der Waals surface area contributed by atoms with Gasteiger partial charge in [0.25, 0.3) is 0 Å². The van der Waals surface area contributed by atoms with Crippen molar-refractivity contribution in [3.8, 4) is 55.1 Å². The van der Waals surface area contributed by atoms with Gasteiger partial charge in [-0.15, -0.1) is 11.3 Å². The maximum absolute atomic E-state index is 6.79. The van der Waals surface area contributed by atoms with Gasteiger partial charge >= 0.3 is 0 Å². The van der Waals surface area contributed by atoms with Crippen LogP contribution in [0.4, 0.5) is 17.1 Å². The van der Waals surface area contributed by atoms with E-state index in [2.05, 4.69) is 229 Å². The summed E-state index contributed by atoms with van der Waals surface area (Å²) in [7, 11) is 0. The highest BCUT2D eigenvalue weighted by Crippen LogP contribution is 2.44. The first-order chi connectivity index (χ1) is 31.2. The minimum Gasteiger partial charge on any atom is -0.455 e. The molecule has 63 heavy (non-hydrogen) atoms. The van der Waals surface area contributed by atoms with E-state index in [0.29, 0.717) is 0 Å². The van der Waals surface area contributed by atoms with Crippen LogP contribution in [0, 0.1) is 0 Å². The van der Waals surface area contributed by atoms with E-state index < -0.39 is 0 Å². The molecule has 2 aromatic heterocycles. The molecule has 0 saturated heterocycles. The Morgan fingerprint density at radius 2 is 0.937 bits per heavy atom. The van der Waals surface area contributed by atoms with Gasteiger partial charge in [-0.25, -0.2) is 4.98 Å². The average molecular weight is 823 g/mol. The lowest BCUT2D eigenvalue weighted by molar-refractivity contribution is 0.670. The van der Waals surface area contributed by atoms with Gasteiger partial charge < -0.3 is 9.32 Å². The molecule has 0 aliphatic carbocycles. The van der Waals surface area contributed by atoms with Crippen LogP contribution in [0.3, 0.4) is 0 Å². The lowest BCUT2D eigenvalue weighted by atomic mass is 9.99. The molecule has 0 spiro atoms. The second kappa shape index (κ2) is 15.4. The van der Waals surface area contributed by atoms with E-state index in [9.17, 15) is 0 Å². The summed E-state index contributed by atoms with van der Waals surface area (Å²) in [4.78, 5) is 7.62. The molecule has 0 N–H and O–H groups in total. The van der Waals surface area contributed by atoms with Gasteiger partial charge in [-0.2, -0.15) is 0 Å². The maximum atomic E-state index is 6.79. The van der Waals surface area contributed by atoms with Crippen LogP contribution >= 0.6 is 11.3 Å². The molecule has 3 nitrogen and oxygen atoms in total. The fourth-order valence-corrected chi connectivity index (χ4v) is 9.93. The van der Waals surface area contributed by atoms with Crippen LogP contribution in [0.5, 0.6) is 0 Å². The van der Waals surface area contributed by atoms with Gasteiger partial charge in [0.2, 0.25) is 0 Å².